The van der Waals surface area contributed by atoms with Crippen molar-refractivity contribution in [1.82, 2.24) is 10.2 Å². The molecule has 3 saturated heterocycles. The van der Waals surface area contributed by atoms with E-state index < -0.39 is 22.6 Å². The van der Waals surface area contributed by atoms with E-state index in [9.17, 15) is 19.5 Å². The lowest BCUT2D eigenvalue weighted by Gasteiger charge is -2.36. The van der Waals surface area contributed by atoms with E-state index in [1.54, 1.807) is 16.7 Å². The zero-order chi connectivity index (χ0) is 25.3. The second-order valence-corrected chi connectivity index (χ2v) is 13.4. The van der Waals surface area contributed by atoms with Crippen molar-refractivity contribution in [3.8, 4) is 0 Å². The Morgan fingerprint density at radius 2 is 1.83 bits per heavy atom. The topological polar surface area (TPSA) is 98.7 Å². The van der Waals surface area contributed by atoms with Crippen LogP contribution in [0.2, 0.25) is 0 Å². The maximum Gasteiger partial charge on any atom is 0.244 e. The van der Waals surface area contributed by atoms with Gasteiger partial charge in [-0.3, -0.25) is 14.4 Å². The lowest BCUT2D eigenvalue weighted by molar-refractivity contribution is -0.139. The van der Waals surface area contributed by atoms with Gasteiger partial charge in [0.2, 0.25) is 17.7 Å². The molecule has 2 bridgehead atoms. The van der Waals surface area contributed by atoms with E-state index in [-0.39, 0.29) is 40.4 Å². The quantitative estimate of drug-likeness (QED) is 0.307. The monoisotopic (exact) mass is 577 g/mol. The highest BCUT2D eigenvalue weighted by molar-refractivity contribution is 9.09. The molecule has 1 aromatic rings. The minimum atomic E-state index is -0.607. The van der Waals surface area contributed by atoms with Gasteiger partial charge in [-0.2, -0.15) is 0 Å². The first-order valence-electron chi connectivity index (χ1n) is 13.4. The van der Waals surface area contributed by atoms with Gasteiger partial charge in [-0.1, -0.05) is 53.4 Å². The molecule has 1 aromatic carbocycles. The Morgan fingerprint density at radius 1 is 1.08 bits per heavy atom. The molecule has 3 heterocycles. The van der Waals surface area contributed by atoms with E-state index in [2.05, 4.69) is 26.6 Å². The Hall–Kier alpha value is -1.58. The highest BCUT2D eigenvalue weighted by atomic mass is 79.9. The van der Waals surface area contributed by atoms with Crippen LogP contribution in [0.1, 0.15) is 57.8 Å². The number of benzene rings is 1. The van der Waals surface area contributed by atoms with E-state index in [4.69, 9.17) is 0 Å². The van der Waals surface area contributed by atoms with Gasteiger partial charge in [0, 0.05) is 35.0 Å². The number of thioether (sulfide) groups is 1. The second-order valence-electron chi connectivity index (χ2n) is 10.7. The average molecular weight is 579 g/mol. The summed E-state index contributed by atoms with van der Waals surface area (Å²) >= 11 is 5.50. The largest absolute Gasteiger partial charge is 0.396 e. The van der Waals surface area contributed by atoms with Crippen LogP contribution < -0.4 is 10.6 Å². The van der Waals surface area contributed by atoms with Crippen LogP contribution in [0.5, 0.6) is 0 Å². The number of halogens is 1. The predicted octanol–water partition coefficient (Wildman–Crippen LogP) is 3.70. The number of anilines is 1. The molecule has 9 heteroatoms. The predicted molar refractivity (Wildman–Crippen MR) is 145 cm³/mol. The Morgan fingerprint density at radius 3 is 2.56 bits per heavy atom. The molecule has 0 aromatic heterocycles. The van der Waals surface area contributed by atoms with E-state index in [0.717, 1.165) is 38.5 Å². The van der Waals surface area contributed by atoms with E-state index in [0.29, 0.717) is 25.1 Å². The number of likely N-dealkylation sites (tertiary alicyclic amines) is 1. The zero-order valence-electron chi connectivity index (χ0n) is 20.5. The number of aliphatic hydroxyl groups is 1. The van der Waals surface area contributed by atoms with E-state index >= 15 is 0 Å². The van der Waals surface area contributed by atoms with E-state index in [1.807, 2.05) is 30.3 Å². The molecule has 1 saturated carbocycles. The van der Waals surface area contributed by atoms with Crippen LogP contribution in [0.25, 0.3) is 0 Å². The first kappa shape index (κ1) is 26.0. The van der Waals surface area contributed by atoms with Crippen molar-refractivity contribution in [3.05, 3.63) is 30.3 Å². The Bertz CT molecular complexity index is 975. The molecule has 4 fully saturated rings. The molecule has 7 nitrogen and oxygen atoms in total. The Balaban J connectivity index is 1.43. The molecule has 3 aliphatic heterocycles. The third kappa shape index (κ3) is 4.71. The van der Waals surface area contributed by atoms with Crippen LogP contribution in [0.15, 0.2) is 30.3 Å². The first-order valence-corrected chi connectivity index (χ1v) is 15.2. The van der Waals surface area contributed by atoms with Gasteiger partial charge in [-0.05, 0) is 50.7 Å². The summed E-state index contributed by atoms with van der Waals surface area (Å²) in [6.07, 6.45) is 8.32. The van der Waals surface area contributed by atoms with Gasteiger partial charge in [-0.15, -0.1) is 11.8 Å². The fourth-order valence-electron chi connectivity index (χ4n) is 6.82. The Kier molecular flexibility index (Phi) is 7.98. The van der Waals surface area contributed by atoms with Gasteiger partial charge in [0.05, 0.1) is 16.6 Å². The van der Waals surface area contributed by atoms with Crippen LogP contribution in [-0.2, 0) is 14.4 Å². The molecular weight excluding hydrogens is 542 g/mol. The molecule has 5 rings (SSSR count). The third-order valence-electron chi connectivity index (χ3n) is 8.39. The minimum Gasteiger partial charge on any atom is -0.396 e. The number of nitrogens with zero attached hydrogens (tertiary/aromatic N) is 1. The van der Waals surface area contributed by atoms with Crippen molar-refractivity contribution in [2.45, 2.75) is 84.7 Å². The normalized spacial score (nSPS) is 33.6. The number of alkyl halides is 1. The molecule has 4 aliphatic rings. The third-order valence-corrected chi connectivity index (χ3v) is 11.6. The molecular formula is C27H36BrN3O4S. The van der Waals surface area contributed by atoms with Gasteiger partial charge in [0.1, 0.15) is 6.04 Å². The van der Waals surface area contributed by atoms with Crippen LogP contribution >= 0.6 is 27.7 Å². The molecule has 0 radical (unpaired) electrons. The highest BCUT2D eigenvalue weighted by Crippen LogP contribution is 2.67. The summed E-state index contributed by atoms with van der Waals surface area (Å²) in [5, 5.41) is 15.5. The maximum atomic E-state index is 14.0. The first-order chi connectivity index (χ1) is 17.5. The molecule has 1 spiro atoms. The summed E-state index contributed by atoms with van der Waals surface area (Å²) in [6.45, 7) is 0.599. The minimum absolute atomic E-state index is 0.0517. The fourth-order valence-corrected chi connectivity index (χ4v) is 10.4. The molecule has 3 unspecified atom stereocenters. The lowest BCUT2D eigenvalue weighted by atomic mass is 9.70. The van der Waals surface area contributed by atoms with Crippen LogP contribution in [0.4, 0.5) is 5.69 Å². The number of fused-ring (bicyclic) bond motifs is 1. The van der Waals surface area contributed by atoms with Gasteiger partial charge in [-0.25, -0.2) is 0 Å². The van der Waals surface area contributed by atoms with Crippen molar-refractivity contribution in [1.29, 1.82) is 0 Å². The summed E-state index contributed by atoms with van der Waals surface area (Å²) in [4.78, 5) is 43.3. The summed E-state index contributed by atoms with van der Waals surface area (Å²) in [5.74, 6) is -1.27. The summed E-state index contributed by atoms with van der Waals surface area (Å²) in [5.41, 5.74) is 0.716. The Labute approximate surface area is 225 Å². The number of carbonyl (C=O) groups is 3. The van der Waals surface area contributed by atoms with Gasteiger partial charge in [0.25, 0.3) is 0 Å². The smallest absolute Gasteiger partial charge is 0.244 e. The molecule has 196 valence electrons. The number of unbranched alkanes of at least 4 members (excludes halogenated alkanes) is 2. The fraction of sp³-hybridized carbons (Fsp3) is 0.667. The standard InChI is InChI=1S/C27H36BrN3O4S/c28-19-16-27-21(20(22(19)36-27)24(33)29-17-10-4-1-5-11-17)26(35)31(14-8-3-9-15-32)23(27)25(34)30-18-12-6-2-7-13-18/h1,4-5,10-11,18-23,32H,2-3,6-9,12-16H2,(H,29,33)(H,30,34)/t19?,20-,21+,22-,23?,27?/m1/s1. The van der Waals surface area contributed by atoms with Gasteiger partial charge >= 0.3 is 0 Å². The second kappa shape index (κ2) is 11.0. The number of para-hydroxylation sites is 1. The summed E-state index contributed by atoms with van der Waals surface area (Å²) < 4.78 is -0.607. The summed E-state index contributed by atoms with van der Waals surface area (Å²) in [6, 6.07) is 8.94. The van der Waals surface area contributed by atoms with Gasteiger partial charge in [0.15, 0.2) is 0 Å². The number of aliphatic hydroxyl groups excluding tert-OH is 1. The van der Waals surface area contributed by atoms with Crippen LogP contribution in [0, 0.1) is 11.8 Å². The number of amides is 3. The molecule has 1 aliphatic carbocycles. The van der Waals surface area contributed by atoms with Crippen molar-refractivity contribution >= 4 is 51.1 Å². The number of rotatable bonds is 9. The maximum absolute atomic E-state index is 14.0. The number of nitrogens with one attached hydrogen (secondary N) is 2. The molecule has 36 heavy (non-hydrogen) atoms. The van der Waals surface area contributed by atoms with Crippen molar-refractivity contribution in [2.24, 2.45) is 11.8 Å². The van der Waals surface area contributed by atoms with Crippen LogP contribution in [0.3, 0.4) is 0 Å². The highest BCUT2D eigenvalue weighted by Gasteiger charge is 2.75. The van der Waals surface area contributed by atoms with Crippen LogP contribution in [-0.4, -0.2) is 67.8 Å². The van der Waals surface area contributed by atoms with Crippen molar-refractivity contribution in [2.75, 3.05) is 18.5 Å². The summed E-state index contributed by atoms with van der Waals surface area (Å²) in [7, 11) is 0. The van der Waals surface area contributed by atoms with Crippen molar-refractivity contribution < 1.29 is 19.5 Å². The van der Waals surface area contributed by atoms with Gasteiger partial charge < -0.3 is 20.6 Å². The number of carbonyl (C=O) groups excluding carboxylic acids is 3. The molecule has 3 amide bonds. The zero-order valence-corrected chi connectivity index (χ0v) is 22.9. The van der Waals surface area contributed by atoms with Crippen molar-refractivity contribution in [3.63, 3.8) is 0 Å². The number of hydrogen-bond acceptors (Lipinski definition) is 5. The average Bonchev–Trinajstić information content (AvgIpc) is 3.46. The molecule has 6 atom stereocenters. The van der Waals surface area contributed by atoms with E-state index in [1.165, 1.54) is 6.42 Å². The molecule has 3 N–H and O–H groups in total. The SMILES string of the molecule is O=C(NC1CCCCC1)C1N(CCCCCO)C(=O)[C@@H]2[C@@H](C(=O)Nc3ccccc3)[C@@H]3SC12CC3Br. The number of hydrogen-bond donors (Lipinski definition) is 3. The lowest BCUT2D eigenvalue weighted by Crippen LogP contribution is -2.56.